The van der Waals surface area contributed by atoms with Gasteiger partial charge in [-0.2, -0.15) is 0 Å². The van der Waals surface area contributed by atoms with Crippen LogP contribution < -0.4 is 10.6 Å². The molecule has 2 heterocycles. The lowest BCUT2D eigenvalue weighted by molar-refractivity contribution is 0.102. The van der Waals surface area contributed by atoms with Crippen LogP contribution in [-0.2, 0) is 6.42 Å². The molecule has 0 radical (unpaired) electrons. The van der Waals surface area contributed by atoms with Gasteiger partial charge in [0.05, 0.1) is 0 Å². The van der Waals surface area contributed by atoms with Crippen LogP contribution in [0, 0.1) is 13.8 Å². The number of fused-ring (bicyclic) bond motifs is 1. The Balaban J connectivity index is 1.40. The number of nitrogens with zero attached hydrogens (tertiary/aromatic N) is 2. The number of para-hydroxylation sites is 1. The highest BCUT2D eigenvalue weighted by Gasteiger charge is 2.11. The van der Waals surface area contributed by atoms with Crippen molar-refractivity contribution in [3.05, 3.63) is 83.3 Å². The van der Waals surface area contributed by atoms with Crippen molar-refractivity contribution in [2.75, 3.05) is 17.2 Å². The summed E-state index contributed by atoms with van der Waals surface area (Å²) in [7, 11) is 0. The fourth-order valence-corrected chi connectivity index (χ4v) is 3.29. The SMILES string of the molecule is Cc1cccc(NC(=O)c2ccnc(NCCc3c[nH]c4ccccc34)n2)c1C. The van der Waals surface area contributed by atoms with Gasteiger partial charge in [-0.25, -0.2) is 9.97 Å². The minimum atomic E-state index is -0.249. The zero-order chi connectivity index (χ0) is 20.2. The summed E-state index contributed by atoms with van der Waals surface area (Å²) in [5, 5.41) is 7.36. The Morgan fingerprint density at radius 3 is 2.83 bits per heavy atom. The largest absolute Gasteiger partial charge is 0.361 e. The quantitative estimate of drug-likeness (QED) is 0.457. The molecule has 4 aromatic rings. The third-order valence-electron chi connectivity index (χ3n) is 5.09. The summed E-state index contributed by atoms with van der Waals surface area (Å²) in [5.41, 5.74) is 5.66. The molecule has 2 aromatic carbocycles. The molecule has 146 valence electrons. The molecule has 0 saturated heterocycles. The molecule has 0 atom stereocenters. The average Bonchev–Trinajstić information content (AvgIpc) is 3.15. The van der Waals surface area contributed by atoms with Crippen LogP contribution in [0.4, 0.5) is 11.6 Å². The standard InChI is InChI=1S/C23H23N5O/c1-15-6-5-9-19(16(15)2)27-22(29)21-11-13-25-23(28-21)24-12-10-17-14-26-20-8-4-3-7-18(17)20/h3-9,11,13-14,26H,10,12H2,1-2H3,(H,27,29)(H,24,25,28). The first-order valence-corrected chi connectivity index (χ1v) is 9.61. The van der Waals surface area contributed by atoms with Gasteiger partial charge in [0.1, 0.15) is 5.69 Å². The number of hydrogen-bond donors (Lipinski definition) is 3. The number of nitrogens with one attached hydrogen (secondary N) is 3. The minimum absolute atomic E-state index is 0.249. The van der Waals surface area contributed by atoms with E-state index in [1.54, 1.807) is 12.3 Å². The number of anilines is 2. The van der Waals surface area contributed by atoms with Crippen LogP contribution in [0.15, 0.2) is 60.9 Å². The summed E-state index contributed by atoms with van der Waals surface area (Å²) < 4.78 is 0. The summed E-state index contributed by atoms with van der Waals surface area (Å²) in [6.45, 7) is 4.68. The number of rotatable bonds is 6. The van der Waals surface area contributed by atoms with Crippen molar-refractivity contribution in [1.82, 2.24) is 15.0 Å². The summed E-state index contributed by atoms with van der Waals surface area (Å²) in [5.74, 6) is 0.194. The topological polar surface area (TPSA) is 82.7 Å². The highest BCUT2D eigenvalue weighted by atomic mass is 16.1. The summed E-state index contributed by atoms with van der Waals surface area (Å²) >= 11 is 0. The zero-order valence-electron chi connectivity index (χ0n) is 16.5. The number of hydrogen-bond acceptors (Lipinski definition) is 4. The van der Waals surface area contributed by atoms with Gasteiger partial charge in [-0.15, -0.1) is 0 Å². The molecule has 0 aliphatic carbocycles. The first-order valence-electron chi connectivity index (χ1n) is 9.61. The number of carbonyl (C=O) groups excluding carboxylic acids is 1. The molecular formula is C23H23N5O. The first-order chi connectivity index (χ1) is 14.1. The van der Waals surface area contributed by atoms with E-state index < -0.39 is 0 Å². The van der Waals surface area contributed by atoms with E-state index in [1.807, 2.05) is 50.4 Å². The van der Waals surface area contributed by atoms with Crippen molar-refractivity contribution in [2.45, 2.75) is 20.3 Å². The normalized spacial score (nSPS) is 10.8. The number of carbonyl (C=O) groups is 1. The average molecular weight is 385 g/mol. The summed E-state index contributed by atoms with van der Waals surface area (Å²) in [6, 6.07) is 15.7. The van der Waals surface area contributed by atoms with Crippen molar-refractivity contribution in [3.63, 3.8) is 0 Å². The first kappa shape index (κ1) is 18.7. The molecule has 0 unspecified atom stereocenters. The van der Waals surface area contributed by atoms with Crippen LogP contribution in [0.2, 0.25) is 0 Å². The van der Waals surface area contributed by atoms with Crippen LogP contribution in [-0.4, -0.2) is 27.4 Å². The van der Waals surface area contributed by atoms with E-state index in [9.17, 15) is 4.79 Å². The Hall–Kier alpha value is -3.67. The Labute approximate surface area is 169 Å². The zero-order valence-corrected chi connectivity index (χ0v) is 16.5. The predicted molar refractivity (Wildman–Crippen MR) is 116 cm³/mol. The smallest absolute Gasteiger partial charge is 0.274 e. The van der Waals surface area contributed by atoms with Gasteiger partial charge in [0.25, 0.3) is 5.91 Å². The van der Waals surface area contributed by atoms with Crippen molar-refractivity contribution in [1.29, 1.82) is 0 Å². The van der Waals surface area contributed by atoms with Crippen molar-refractivity contribution >= 4 is 28.4 Å². The minimum Gasteiger partial charge on any atom is -0.361 e. The molecule has 29 heavy (non-hydrogen) atoms. The van der Waals surface area contributed by atoms with Gasteiger partial charge in [-0.05, 0) is 55.2 Å². The molecule has 2 aromatic heterocycles. The van der Waals surface area contributed by atoms with Crippen molar-refractivity contribution in [2.24, 2.45) is 0 Å². The number of benzene rings is 2. The molecule has 1 amide bonds. The van der Waals surface area contributed by atoms with E-state index in [1.165, 1.54) is 10.9 Å². The van der Waals surface area contributed by atoms with Gasteiger partial charge in [-0.3, -0.25) is 4.79 Å². The van der Waals surface area contributed by atoms with Gasteiger partial charge >= 0.3 is 0 Å². The maximum Gasteiger partial charge on any atom is 0.274 e. The monoisotopic (exact) mass is 385 g/mol. The predicted octanol–water partition coefficient (Wildman–Crippen LogP) is 4.48. The molecule has 0 aliphatic rings. The third kappa shape index (κ3) is 4.11. The highest BCUT2D eigenvalue weighted by molar-refractivity contribution is 6.03. The molecule has 3 N–H and O–H groups in total. The summed E-state index contributed by atoms with van der Waals surface area (Å²) in [6.07, 6.45) is 4.45. The van der Waals surface area contributed by atoms with Crippen molar-refractivity contribution < 1.29 is 4.79 Å². The molecule has 4 rings (SSSR count). The van der Waals surface area contributed by atoms with Crippen LogP contribution in [0.3, 0.4) is 0 Å². The van der Waals surface area contributed by atoms with Crippen LogP contribution >= 0.6 is 0 Å². The van der Waals surface area contributed by atoms with Crippen LogP contribution in [0.1, 0.15) is 27.2 Å². The molecule has 0 saturated carbocycles. The van der Waals surface area contributed by atoms with Crippen LogP contribution in [0.25, 0.3) is 10.9 Å². The second kappa shape index (κ2) is 8.14. The van der Waals surface area contributed by atoms with E-state index in [0.717, 1.165) is 28.8 Å². The molecule has 0 bridgehead atoms. The molecule has 6 heteroatoms. The van der Waals surface area contributed by atoms with E-state index in [2.05, 4.69) is 37.7 Å². The van der Waals surface area contributed by atoms with Gasteiger partial charge in [0, 0.05) is 35.5 Å². The number of aryl methyl sites for hydroxylation is 1. The lowest BCUT2D eigenvalue weighted by Crippen LogP contribution is -2.16. The Kier molecular flexibility index (Phi) is 5.24. The lowest BCUT2D eigenvalue weighted by Gasteiger charge is -2.10. The Bertz CT molecular complexity index is 1160. The fraction of sp³-hybridized carbons (Fsp3) is 0.174. The van der Waals surface area contributed by atoms with E-state index in [-0.39, 0.29) is 5.91 Å². The molecule has 0 fully saturated rings. The maximum atomic E-state index is 12.6. The third-order valence-corrected chi connectivity index (χ3v) is 5.09. The van der Waals surface area contributed by atoms with Gasteiger partial charge in [-0.1, -0.05) is 30.3 Å². The second-order valence-electron chi connectivity index (χ2n) is 7.00. The number of H-pyrrole nitrogens is 1. The lowest BCUT2D eigenvalue weighted by atomic mass is 10.1. The number of aromatic nitrogens is 3. The second-order valence-corrected chi connectivity index (χ2v) is 7.00. The fourth-order valence-electron chi connectivity index (χ4n) is 3.29. The van der Waals surface area contributed by atoms with Crippen molar-refractivity contribution in [3.8, 4) is 0 Å². The van der Waals surface area contributed by atoms with Crippen LogP contribution in [0.5, 0.6) is 0 Å². The van der Waals surface area contributed by atoms with Gasteiger partial charge < -0.3 is 15.6 Å². The molecular weight excluding hydrogens is 362 g/mol. The molecule has 6 nitrogen and oxygen atoms in total. The molecule has 0 aliphatic heterocycles. The Morgan fingerprint density at radius 2 is 1.93 bits per heavy atom. The number of amides is 1. The van der Waals surface area contributed by atoms with E-state index in [0.29, 0.717) is 18.2 Å². The van der Waals surface area contributed by atoms with E-state index >= 15 is 0 Å². The van der Waals surface area contributed by atoms with Gasteiger partial charge in [0.2, 0.25) is 5.95 Å². The van der Waals surface area contributed by atoms with Gasteiger partial charge in [0.15, 0.2) is 0 Å². The van der Waals surface area contributed by atoms with E-state index in [4.69, 9.17) is 0 Å². The summed E-state index contributed by atoms with van der Waals surface area (Å²) in [4.78, 5) is 24.5. The number of aromatic amines is 1. The Morgan fingerprint density at radius 1 is 1.07 bits per heavy atom. The highest BCUT2D eigenvalue weighted by Crippen LogP contribution is 2.19. The molecule has 0 spiro atoms. The maximum absolute atomic E-state index is 12.6.